The van der Waals surface area contributed by atoms with Crippen molar-refractivity contribution < 1.29 is 4.74 Å². The maximum absolute atomic E-state index is 5.39. The molecule has 0 bridgehead atoms. The predicted molar refractivity (Wildman–Crippen MR) is 59.6 cm³/mol. The van der Waals surface area contributed by atoms with Gasteiger partial charge in [-0.1, -0.05) is 0 Å². The van der Waals surface area contributed by atoms with Crippen LogP contribution in [-0.4, -0.2) is 61.8 Å². The van der Waals surface area contributed by atoms with Crippen molar-refractivity contribution in [1.29, 1.82) is 0 Å². The van der Waals surface area contributed by atoms with Gasteiger partial charge in [0.25, 0.3) is 0 Å². The van der Waals surface area contributed by atoms with Gasteiger partial charge in [0, 0.05) is 38.8 Å². The largest absolute Gasteiger partial charge is 0.380 e. The van der Waals surface area contributed by atoms with Crippen LogP contribution in [0.2, 0.25) is 0 Å². The number of hydrogen-bond donors (Lipinski definition) is 0. The monoisotopic (exact) mass is 200 g/mol. The molecule has 1 aliphatic rings. The van der Waals surface area contributed by atoms with Crippen LogP contribution in [0.4, 0.5) is 0 Å². The first-order chi connectivity index (χ1) is 6.56. The van der Waals surface area contributed by atoms with E-state index in [2.05, 4.69) is 37.6 Å². The molecule has 3 atom stereocenters. The van der Waals surface area contributed by atoms with Gasteiger partial charge in [0.05, 0.1) is 6.10 Å². The second-order valence-corrected chi connectivity index (χ2v) is 4.53. The van der Waals surface area contributed by atoms with Crippen molar-refractivity contribution in [2.24, 2.45) is 0 Å². The van der Waals surface area contributed by atoms with Gasteiger partial charge in [-0.25, -0.2) is 0 Å². The van der Waals surface area contributed by atoms with E-state index in [-0.39, 0.29) is 0 Å². The zero-order valence-corrected chi connectivity index (χ0v) is 10.2. The molecule has 1 aliphatic heterocycles. The zero-order chi connectivity index (χ0) is 10.7. The van der Waals surface area contributed by atoms with E-state index in [1.807, 2.05) is 0 Å². The lowest BCUT2D eigenvalue weighted by Gasteiger charge is -2.43. The molecule has 0 aromatic heterocycles. The van der Waals surface area contributed by atoms with Gasteiger partial charge < -0.3 is 9.64 Å². The van der Waals surface area contributed by atoms with Gasteiger partial charge in [-0.2, -0.15) is 0 Å². The van der Waals surface area contributed by atoms with Crippen molar-refractivity contribution in [3.05, 3.63) is 0 Å². The Kier molecular flexibility index (Phi) is 4.35. The normalized spacial score (nSPS) is 30.2. The Morgan fingerprint density at radius 1 is 1.29 bits per heavy atom. The number of rotatable bonds is 3. The van der Waals surface area contributed by atoms with Crippen LogP contribution in [0.5, 0.6) is 0 Å². The Morgan fingerprint density at radius 3 is 2.43 bits per heavy atom. The topological polar surface area (TPSA) is 15.7 Å². The fraction of sp³-hybridized carbons (Fsp3) is 1.00. The molecule has 1 rings (SSSR count). The Bertz CT molecular complexity index is 175. The average Bonchev–Trinajstić information content (AvgIpc) is 2.15. The molecule has 2 unspecified atom stereocenters. The Balaban J connectivity index is 2.51. The third-order valence-corrected chi connectivity index (χ3v) is 3.46. The van der Waals surface area contributed by atoms with E-state index in [1.165, 1.54) is 13.1 Å². The van der Waals surface area contributed by atoms with Crippen LogP contribution in [0.1, 0.15) is 20.8 Å². The highest BCUT2D eigenvalue weighted by atomic mass is 16.5. The lowest BCUT2D eigenvalue weighted by molar-refractivity contribution is -0.00927. The molecule has 3 nitrogen and oxygen atoms in total. The molecular formula is C11H24N2O. The van der Waals surface area contributed by atoms with E-state index in [0.717, 1.165) is 6.54 Å². The first-order valence-electron chi connectivity index (χ1n) is 5.53. The van der Waals surface area contributed by atoms with Crippen LogP contribution in [0.15, 0.2) is 0 Å². The van der Waals surface area contributed by atoms with Crippen LogP contribution in [-0.2, 0) is 4.74 Å². The smallest absolute Gasteiger partial charge is 0.0695 e. The number of nitrogens with zero attached hydrogens (tertiary/aromatic N) is 2. The minimum atomic E-state index is 0.320. The molecule has 84 valence electrons. The molecule has 0 aromatic rings. The molecule has 0 saturated carbocycles. The molecular weight excluding hydrogens is 176 g/mol. The fourth-order valence-corrected chi connectivity index (χ4v) is 2.23. The average molecular weight is 200 g/mol. The van der Waals surface area contributed by atoms with Gasteiger partial charge in [0.1, 0.15) is 0 Å². The van der Waals surface area contributed by atoms with Crippen molar-refractivity contribution in [3.8, 4) is 0 Å². The highest BCUT2D eigenvalue weighted by molar-refractivity contribution is 4.83. The fourth-order valence-electron chi connectivity index (χ4n) is 2.23. The molecule has 0 N–H and O–H groups in total. The van der Waals surface area contributed by atoms with Crippen molar-refractivity contribution >= 4 is 0 Å². The highest BCUT2D eigenvalue weighted by Gasteiger charge is 2.28. The zero-order valence-electron chi connectivity index (χ0n) is 10.2. The minimum Gasteiger partial charge on any atom is -0.380 e. The van der Waals surface area contributed by atoms with E-state index in [4.69, 9.17) is 4.74 Å². The second-order valence-electron chi connectivity index (χ2n) is 4.53. The molecule has 0 amide bonds. The summed E-state index contributed by atoms with van der Waals surface area (Å²) in [5, 5.41) is 0. The number of ether oxygens (including phenoxy) is 1. The summed E-state index contributed by atoms with van der Waals surface area (Å²) in [6, 6.07) is 1.16. The molecule has 0 radical (unpaired) electrons. The first kappa shape index (κ1) is 12.0. The molecule has 1 fully saturated rings. The van der Waals surface area contributed by atoms with Gasteiger partial charge >= 0.3 is 0 Å². The summed E-state index contributed by atoms with van der Waals surface area (Å²) in [5.74, 6) is 0. The van der Waals surface area contributed by atoms with Crippen LogP contribution in [0.25, 0.3) is 0 Å². The maximum atomic E-state index is 5.39. The van der Waals surface area contributed by atoms with Crippen LogP contribution >= 0.6 is 0 Å². The predicted octanol–water partition coefficient (Wildman–Crippen LogP) is 1.05. The summed E-state index contributed by atoms with van der Waals surface area (Å²) in [5.41, 5.74) is 0. The third-order valence-electron chi connectivity index (χ3n) is 3.46. The lowest BCUT2D eigenvalue weighted by atomic mass is 10.1. The van der Waals surface area contributed by atoms with E-state index >= 15 is 0 Å². The van der Waals surface area contributed by atoms with Gasteiger partial charge in [0.2, 0.25) is 0 Å². The molecule has 0 aromatic carbocycles. The summed E-state index contributed by atoms with van der Waals surface area (Å²) in [6.45, 7) is 10.2. The van der Waals surface area contributed by atoms with Crippen molar-refractivity contribution in [1.82, 2.24) is 9.80 Å². The Hall–Kier alpha value is -0.120. The third kappa shape index (κ3) is 2.69. The van der Waals surface area contributed by atoms with Crippen molar-refractivity contribution in [2.45, 2.75) is 39.0 Å². The van der Waals surface area contributed by atoms with Gasteiger partial charge in [0.15, 0.2) is 0 Å². The standard InChI is InChI=1S/C11H24N2O/c1-9-8-12(4)6-7-13(9)10(2)11(3)14-5/h9-11H,6-8H2,1-5H3/t9-,10?,11?/m0/s1. The molecule has 1 saturated heterocycles. The summed E-state index contributed by atoms with van der Waals surface area (Å²) in [7, 11) is 3.99. The molecule has 14 heavy (non-hydrogen) atoms. The minimum absolute atomic E-state index is 0.320. The number of piperazine rings is 1. The number of methoxy groups -OCH3 is 1. The summed E-state index contributed by atoms with van der Waals surface area (Å²) in [6.07, 6.45) is 0.320. The Labute approximate surface area is 88.0 Å². The lowest BCUT2D eigenvalue weighted by Crippen LogP contribution is -2.56. The Morgan fingerprint density at radius 2 is 1.93 bits per heavy atom. The van der Waals surface area contributed by atoms with Crippen LogP contribution < -0.4 is 0 Å². The molecule has 1 heterocycles. The summed E-state index contributed by atoms with van der Waals surface area (Å²) >= 11 is 0. The SMILES string of the molecule is COC(C)C(C)N1CCN(C)C[C@@H]1C. The van der Waals surface area contributed by atoms with Crippen molar-refractivity contribution in [2.75, 3.05) is 33.8 Å². The summed E-state index contributed by atoms with van der Waals surface area (Å²) in [4.78, 5) is 4.94. The summed E-state index contributed by atoms with van der Waals surface area (Å²) < 4.78 is 5.39. The van der Waals surface area contributed by atoms with E-state index in [1.54, 1.807) is 7.11 Å². The number of hydrogen-bond acceptors (Lipinski definition) is 3. The number of likely N-dealkylation sites (N-methyl/N-ethyl adjacent to an activating group) is 1. The van der Waals surface area contributed by atoms with Crippen LogP contribution in [0.3, 0.4) is 0 Å². The van der Waals surface area contributed by atoms with Crippen molar-refractivity contribution in [3.63, 3.8) is 0 Å². The van der Waals surface area contributed by atoms with Gasteiger partial charge in [-0.05, 0) is 27.8 Å². The first-order valence-corrected chi connectivity index (χ1v) is 5.53. The van der Waals surface area contributed by atoms with E-state index < -0.39 is 0 Å². The quantitative estimate of drug-likeness (QED) is 0.677. The van der Waals surface area contributed by atoms with E-state index in [0.29, 0.717) is 18.2 Å². The van der Waals surface area contributed by atoms with Gasteiger partial charge in [-0.15, -0.1) is 0 Å². The van der Waals surface area contributed by atoms with Crippen LogP contribution in [0, 0.1) is 0 Å². The molecule has 0 spiro atoms. The second kappa shape index (κ2) is 5.10. The molecule has 3 heteroatoms. The van der Waals surface area contributed by atoms with Gasteiger partial charge in [-0.3, -0.25) is 4.90 Å². The highest BCUT2D eigenvalue weighted by Crippen LogP contribution is 2.15. The van der Waals surface area contributed by atoms with E-state index in [9.17, 15) is 0 Å². The maximum Gasteiger partial charge on any atom is 0.0695 e. The molecule has 0 aliphatic carbocycles.